The number of nitrogens with zero attached hydrogens (tertiary/aromatic N) is 2. The number of likely N-dealkylation sites (tertiary alicyclic amines) is 1. The van der Waals surface area contributed by atoms with E-state index in [0.29, 0.717) is 12.8 Å². The quantitative estimate of drug-likeness (QED) is 0.569. The third-order valence-electron chi connectivity index (χ3n) is 5.53. The molecule has 2 fully saturated rings. The molecule has 1 saturated carbocycles. The fourth-order valence-electron chi connectivity index (χ4n) is 3.47. The van der Waals surface area contributed by atoms with Gasteiger partial charge in [-0.25, -0.2) is 4.79 Å². The van der Waals surface area contributed by atoms with E-state index in [1.165, 1.54) is 11.8 Å². The van der Waals surface area contributed by atoms with Crippen LogP contribution in [0.4, 0.5) is 4.79 Å². The first-order valence-corrected chi connectivity index (χ1v) is 9.11. The molecule has 1 saturated heterocycles. The third-order valence-corrected chi connectivity index (χ3v) is 5.53. The average Bonchev–Trinajstić information content (AvgIpc) is 2.57. The molecule has 7 heteroatoms. The zero-order chi connectivity index (χ0) is 18.6. The van der Waals surface area contributed by atoms with Gasteiger partial charge in [-0.2, -0.15) is 0 Å². The Morgan fingerprint density at radius 3 is 2.48 bits per heavy atom. The molecule has 1 unspecified atom stereocenters. The number of esters is 1. The van der Waals surface area contributed by atoms with Crippen LogP contribution in [-0.4, -0.2) is 66.7 Å². The van der Waals surface area contributed by atoms with Crippen LogP contribution in [0.15, 0.2) is 0 Å². The summed E-state index contributed by atoms with van der Waals surface area (Å²) in [7, 11) is 3.59. The van der Waals surface area contributed by atoms with Gasteiger partial charge in [0.05, 0.1) is 5.92 Å². The van der Waals surface area contributed by atoms with Gasteiger partial charge >= 0.3 is 12.1 Å². The summed E-state index contributed by atoms with van der Waals surface area (Å²) in [5.74, 6) is -0.419. The van der Waals surface area contributed by atoms with E-state index in [1.807, 2.05) is 7.05 Å². The molecule has 0 N–H and O–H groups in total. The molecule has 1 heterocycles. The second kappa shape index (κ2) is 8.17. The van der Waals surface area contributed by atoms with Gasteiger partial charge in [0.1, 0.15) is 5.54 Å². The van der Waals surface area contributed by atoms with Crippen molar-refractivity contribution in [3.8, 4) is 0 Å². The summed E-state index contributed by atoms with van der Waals surface area (Å²) >= 11 is 0. The Hall–Kier alpha value is -1.63. The van der Waals surface area contributed by atoms with Crippen molar-refractivity contribution in [3.05, 3.63) is 0 Å². The van der Waals surface area contributed by atoms with Gasteiger partial charge in [-0.05, 0) is 52.7 Å². The highest BCUT2D eigenvalue weighted by Gasteiger charge is 2.42. The van der Waals surface area contributed by atoms with Gasteiger partial charge in [-0.3, -0.25) is 14.5 Å². The molecule has 0 bridgehead atoms. The summed E-state index contributed by atoms with van der Waals surface area (Å²) in [6.07, 6.45) is 2.77. The first-order valence-electron chi connectivity index (χ1n) is 9.11. The Kier molecular flexibility index (Phi) is 6.43. The highest BCUT2D eigenvalue weighted by molar-refractivity contribution is 5.91. The maximum absolute atomic E-state index is 12.4. The van der Waals surface area contributed by atoms with Gasteiger partial charge in [0.2, 0.25) is 6.29 Å². The number of ketones is 1. The summed E-state index contributed by atoms with van der Waals surface area (Å²) in [6, 6.07) is 0. The van der Waals surface area contributed by atoms with Crippen LogP contribution in [0.2, 0.25) is 0 Å². The van der Waals surface area contributed by atoms with Gasteiger partial charge in [0, 0.05) is 20.4 Å². The zero-order valence-corrected chi connectivity index (χ0v) is 15.7. The van der Waals surface area contributed by atoms with Crippen LogP contribution in [0.25, 0.3) is 0 Å². The fraction of sp³-hybridized carbons (Fsp3) is 0.833. The van der Waals surface area contributed by atoms with Crippen molar-refractivity contribution >= 4 is 17.8 Å². The molecule has 0 aromatic rings. The Morgan fingerprint density at radius 1 is 1.24 bits per heavy atom. The molecule has 7 nitrogen and oxygen atoms in total. The number of carbonyl (C=O) groups is 3. The van der Waals surface area contributed by atoms with Crippen LogP contribution < -0.4 is 0 Å². The van der Waals surface area contributed by atoms with E-state index < -0.39 is 17.9 Å². The predicted octanol–water partition coefficient (Wildman–Crippen LogP) is 2.19. The minimum atomic E-state index is -0.968. The van der Waals surface area contributed by atoms with Crippen molar-refractivity contribution in [2.24, 2.45) is 5.92 Å². The van der Waals surface area contributed by atoms with Crippen LogP contribution in [-0.2, 0) is 19.1 Å². The number of piperidine rings is 1. The third kappa shape index (κ3) is 4.71. The van der Waals surface area contributed by atoms with Gasteiger partial charge in [0.15, 0.2) is 5.78 Å². The molecular weight excluding hydrogens is 324 g/mol. The van der Waals surface area contributed by atoms with E-state index in [1.54, 1.807) is 14.0 Å². The lowest BCUT2D eigenvalue weighted by Gasteiger charge is -2.39. The summed E-state index contributed by atoms with van der Waals surface area (Å²) in [6.45, 7) is 5.02. The number of Topliss-reactive ketones (excluding diaryl/α,β-unsaturated/α-hetero) is 1. The number of rotatable bonds is 4. The van der Waals surface area contributed by atoms with Crippen LogP contribution in [0, 0.1) is 5.92 Å². The van der Waals surface area contributed by atoms with E-state index in [9.17, 15) is 14.4 Å². The summed E-state index contributed by atoms with van der Waals surface area (Å²) in [5, 5.41) is 0. The monoisotopic (exact) mass is 354 g/mol. The van der Waals surface area contributed by atoms with Crippen molar-refractivity contribution in [3.63, 3.8) is 0 Å². The topological polar surface area (TPSA) is 76.2 Å². The first kappa shape index (κ1) is 19.7. The largest absolute Gasteiger partial charge is 0.425 e. The molecule has 1 aliphatic heterocycles. The lowest BCUT2D eigenvalue weighted by Crippen LogP contribution is -2.55. The second-order valence-corrected chi connectivity index (χ2v) is 7.43. The lowest BCUT2D eigenvalue weighted by molar-refractivity contribution is -0.173. The maximum atomic E-state index is 12.4. The van der Waals surface area contributed by atoms with Gasteiger partial charge in [0.25, 0.3) is 0 Å². The first-order chi connectivity index (χ1) is 11.7. The Bertz CT molecular complexity index is 516. The molecule has 2 rings (SSSR count). The van der Waals surface area contributed by atoms with Crippen molar-refractivity contribution in [2.75, 3.05) is 27.2 Å². The average molecular weight is 354 g/mol. The molecule has 0 aromatic carbocycles. The number of ether oxygens (including phenoxy) is 2. The van der Waals surface area contributed by atoms with E-state index in [2.05, 4.69) is 4.90 Å². The Labute approximate surface area is 149 Å². The van der Waals surface area contributed by atoms with Gasteiger partial charge in [-0.15, -0.1) is 0 Å². The van der Waals surface area contributed by atoms with Crippen molar-refractivity contribution in [1.82, 2.24) is 9.80 Å². The molecular formula is C18H30N2O5. The lowest BCUT2D eigenvalue weighted by atomic mass is 9.81. The molecule has 1 aliphatic carbocycles. The highest BCUT2D eigenvalue weighted by atomic mass is 16.7. The number of hydrogen-bond donors (Lipinski definition) is 0. The van der Waals surface area contributed by atoms with Crippen molar-refractivity contribution in [1.29, 1.82) is 0 Å². The molecule has 2 atom stereocenters. The van der Waals surface area contributed by atoms with Gasteiger partial charge < -0.3 is 14.4 Å². The van der Waals surface area contributed by atoms with E-state index in [0.717, 1.165) is 38.8 Å². The summed E-state index contributed by atoms with van der Waals surface area (Å²) in [4.78, 5) is 40.3. The minimum Gasteiger partial charge on any atom is -0.425 e. The number of carbonyl (C=O) groups excluding carboxylic acids is 3. The second-order valence-electron chi connectivity index (χ2n) is 7.43. The van der Waals surface area contributed by atoms with E-state index in [-0.39, 0.29) is 17.7 Å². The van der Waals surface area contributed by atoms with Crippen LogP contribution in [0.3, 0.4) is 0 Å². The molecule has 0 aromatic heterocycles. The minimum absolute atomic E-state index is 0.0502. The summed E-state index contributed by atoms with van der Waals surface area (Å²) < 4.78 is 10.5. The fourth-order valence-corrected chi connectivity index (χ4v) is 3.47. The number of likely N-dealkylation sites (N-methyl/N-ethyl adjacent to an activating group) is 1. The molecule has 1 amide bonds. The molecule has 2 aliphatic rings. The molecule has 0 radical (unpaired) electrons. The van der Waals surface area contributed by atoms with Crippen molar-refractivity contribution < 1.29 is 23.9 Å². The Balaban J connectivity index is 1.84. The number of amides is 1. The molecule has 25 heavy (non-hydrogen) atoms. The smallest absolute Gasteiger partial charge is 0.413 e. The van der Waals surface area contributed by atoms with E-state index >= 15 is 0 Å². The van der Waals surface area contributed by atoms with Crippen LogP contribution in [0.1, 0.15) is 52.4 Å². The standard InChI is InChI=1S/C18H30N2O5/c1-13(24-16(22)14-8-11-19(3)12-9-14)25-17(23)20(4)18(2)10-6-5-7-15(18)21/h13-14H,5-12H2,1-4H3/t13?,18-/m1/s1. The normalized spacial score (nSPS) is 26.8. The van der Waals surface area contributed by atoms with Gasteiger partial charge in [-0.1, -0.05) is 6.42 Å². The van der Waals surface area contributed by atoms with Crippen LogP contribution >= 0.6 is 0 Å². The number of hydrogen-bond acceptors (Lipinski definition) is 6. The SMILES string of the molecule is CC(OC(=O)C1CCN(C)CC1)OC(=O)N(C)[C@]1(C)CCCCC1=O. The summed E-state index contributed by atoms with van der Waals surface area (Å²) in [5.41, 5.74) is -0.840. The predicted molar refractivity (Wildman–Crippen MR) is 91.9 cm³/mol. The van der Waals surface area contributed by atoms with E-state index in [4.69, 9.17) is 9.47 Å². The maximum Gasteiger partial charge on any atom is 0.413 e. The Morgan fingerprint density at radius 2 is 1.88 bits per heavy atom. The highest BCUT2D eigenvalue weighted by Crippen LogP contribution is 2.30. The van der Waals surface area contributed by atoms with Crippen molar-refractivity contribution in [2.45, 2.75) is 64.2 Å². The zero-order valence-electron chi connectivity index (χ0n) is 15.7. The van der Waals surface area contributed by atoms with Crippen LogP contribution in [0.5, 0.6) is 0 Å². The molecule has 0 spiro atoms. The molecule has 142 valence electrons.